The Kier molecular flexibility index (Phi) is 4.58. The normalized spacial score (nSPS) is 52.5. The number of aliphatic hydroxyl groups is 2. The summed E-state index contributed by atoms with van der Waals surface area (Å²) in [5, 5.41) is 23.9. The lowest BCUT2D eigenvalue weighted by molar-refractivity contribution is -0.239. The maximum atomic E-state index is 13.6. The number of aliphatic hydroxyl groups excluding tert-OH is 1. The lowest BCUT2D eigenvalue weighted by Gasteiger charge is -2.45. The molecular formula is C23H28O12. The number of hydrogen-bond donors (Lipinski definition) is 2. The molecule has 2 spiro atoms. The van der Waals surface area contributed by atoms with Crippen molar-refractivity contribution in [3.8, 4) is 0 Å². The van der Waals surface area contributed by atoms with Crippen LogP contribution < -0.4 is 0 Å². The minimum atomic E-state index is -2.27. The van der Waals surface area contributed by atoms with Crippen LogP contribution in [-0.4, -0.2) is 89.7 Å². The van der Waals surface area contributed by atoms with E-state index < -0.39 is 95.1 Å². The van der Waals surface area contributed by atoms with Crippen LogP contribution >= 0.6 is 0 Å². The minimum absolute atomic E-state index is 0.254. The minimum Gasteiger partial charge on any atom is -0.467 e. The molecule has 11 atom stereocenters. The standard InChI is InChI=1S/C23H28O12/c1-4-5-6-10-7-11-21-13(25)14-22(29,9(2)16(26)33-14)23(21,18(28)32-11)35-19-20(10,21)15(17(27)34-19)31-8-12(24)30-3/h9-11,13-15,19,25,29H,4-8H2,1-3H3/t9?,10-,11?,13-,14?,15-,19-,20?,21?,22+,23-/m1/s1. The van der Waals surface area contributed by atoms with E-state index in [9.17, 15) is 29.4 Å². The Morgan fingerprint density at radius 2 is 1.91 bits per heavy atom. The Bertz CT molecular complexity index is 1030. The van der Waals surface area contributed by atoms with Gasteiger partial charge in [0.2, 0.25) is 11.9 Å². The molecule has 0 radical (unpaired) electrons. The highest BCUT2D eigenvalue weighted by Gasteiger charge is 3.03. The van der Waals surface area contributed by atoms with E-state index in [4.69, 9.17) is 23.7 Å². The third kappa shape index (κ3) is 2.06. The lowest BCUT2D eigenvalue weighted by Crippen LogP contribution is -2.67. The van der Waals surface area contributed by atoms with Crippen molar-refractivity contribution >= 4 is 23.9 Å². The summed E-state index contributed by atoms with van der Waals surface area (Å²) in [4.78, 5) is 51.2. The van der Waals surface area contributed by atoms with Crippen LogP contribution in [0.4, 0.5) is 0 Å². The van der Waals surface area contributed by atoms with Crippen LogP contribution in [0, 0.1) is 22.7 Å². The van der Waals surface area contributed by atoms with Gasteiger partial charge >= 0.3 is 23.9 Å². The first kappa shape index (κ1) is 23.1. The van der Waals surface area contributed by atoms with Crippen LogP contribution in [0.5, 0.6) is 0 Å². The van der Waals surface area contributed by atoms with Gasteiger partial charge in [0.1, 0.15) is 18.8 Å². The molecular weight excluding hydrogens is 468 g/mol. The number of unbranched alkanes of at least 4 members (excludes halogenated alkanes) is 1. The molecule has 6 rings (SSSR count). The van der Waals surface area contributed by atoms with Crippen molar-refractivity contribution in [3.63, 3.8) is 0 Å². The molecule has 0 amide bonds. The average Bonchev–Trinajstić information content (AvgIpc) is 3.53. The average molecular weight is 496 g/mol. The Hall–Kier alpha value is -2.28. The van der Waals surface area contributed by atoms with Crippen molar-refractivity contribution in [2.45, 2.75) is 81.4 Å². The van der Waals surface area contributed by atoms with Crippen molar-refractivity contribution in [3.05, 3.63) is 0 Å². The second kappa shape index (κ2) is 6.93. The van der Waals surface area contributed by atoms with Crippen LogP contribution in [0.3, 0.4) is 0 Å². The molecule has 4 saturated heterocycles. The van der Waals surface area contributed by atoms with Crippen LogP contribution in [0.1, 0.15) is 39.5 Å². The van der Waals surface area contributed by atoms with E-state index in [0.717, 1.165) is 12.8 Å². The molecule has 2 saturated carbocycles. The van der Waals surface area contributed by atoms with Gasteiger partial charge in [-0.3, -0.25) is 4.79 Å². The van der Waals surface area contributed by atoms with Crippen molar-refractivity contribution in [2.24, 2.45) is 22.7 Å². The summed E-state index contributed by atoms with van der Waals surface area (Å²) in [6.07, 6.45) is -4.49. The van der Waals surface area contributed by atoms with Gasteiger partial charge in [0.25, 0.3) is 0 Å². The van der Waals surface area contributed by atoms with Crippen molar-refractivity contribution in [1.29, 1.82) is 0 Å². The second-order valence-corrected chi connectivity index (χ2v) is 10.5. The van der Waals surface area contributed by atoms with Crippen LogP contribution in [0.2, 0.25) is 0 Å². The van der Waals surface area contributed by atoms with Crippen molar-refractivity contribution in [2.75, 3.05) is 13.7 Å². The largest absolute Gasteiger partial charge is 0.467 e. The fraction of sp³-hybridized carbons (Fsp3) is 0.826. The number of esters is 4. The molecule has 2 aliphatic carbocycles. The molecule has 0 aromatic heterocycles. The summed E-state index contributed by atoms with van der Waals surface area (Å²) in [5.41, 5.74) is -7.72. The monoisotopic (exact) mass is 496 g/mol. The van der Waals surface area contributed by atoms with E-state index in [1.54, 1.807) is 0 Å². The molecule has 192 valence electrons. The molecule has 2 N–H and O–H groups in total. The van der Waals surface area contributed by atoms with Gasteiger partial charge in [-0.05, 0) is 25.7 Å². The van der Waals surface area contributed by atoms with E-state index in [0.29, 0.717) is 6.42 Å². The van der Waals surface area contributed by atoms with E-state index >= 15 is 0 Å². The van der Waals surface area contributed by atoms with Crippen molar-refractivity contribution in [1.82, 2.24) is 0 Å². The zero-order valence-corrected chi connectivity index (χ0v) is 19.6. The van der Waals surface area contributed by atoms with Crippen molar-refractivity contribution < 1.29 is 57.8 Å². The molecule has 35 heavy (non-hydrogen) atoms. The predicted octanol–water partition coefficient (Wildman–Crippen LogP) is -1.03. The highest BCUT2D eigenvalue weighted by Crippen LogP contribution is 2.83. The highest BCUT2D eigenvalue weighted by molar-refractivity contribution is 5.94. The maximum Gasteiger partial charge on any atom is 0.343 e. The summed E-state index contributed by atoms with van der Waals surface area (Å²) < 4.78 is 33.5. The molecule has 5 unspecified atom stereocenters. The molecule has 0 aromatic carbocycles. The summed E-state index contributed by atoms with van der Waals surface area (Å²) in [5.74, 6) is -4.91. The first-order valence-corrected chi connectivity index (χ1v) is 12.0. The Morgan fingerprint density at radius 1 is 1.17 bits per heavy atom. The molecule has 4 heterocycles. The molecule has 4 aliphatic heterocycles. The zero-order valence-electron chi connectivity index (χ0n) is 19.6. The SMILES string of the molecule is CCCC[C@@H]1CC2OC(=O)[C@@]34O[C@H]5OC(=O)[C@@H](OCC(=O)OC)C15C23[C@H](O)C1OC(=O)C(C)[C@]14O. The number of ether oxygens (including phenoxy) is 6. The first-order chi connectivity index (χ1) is 16.6. The third-order valence-corrected chi connectivity index (χ3v) is 9.57. The van der Waals surface area contributed by atoms with Gasteiger partial charge < -0.3 is 38.6 Å². The van der Waals surface area contributed by atoms with Gasteiger partial charge in [-0.1, -0.05) is 19.8 Å². The Balaban J connectivity index is 1.59. The lowest BCUT2D eigenvalue weighted by atomic mass is 9.53. The summed E-state index contributed by atoms with van der Waals surface area (Å²) in [7, 11) is 1.18. The highest BCUT2D eigenvalue weighted by atomic mass is 16.8. The molecule has 12 nitrogen and oxygen atoms in total. The van der Waals surface area contributed by atoms with E-state index in [1.807, 2.05) is 6.92 Å². The van der Waals surface area contributed by atoms with E-state index in [-0.39, 0.29) is 6.42 Å². The quantitative estimate of drug-likeness (QED) is 0.340. The van der Waals surface area contributed by atoms with Crippen LogP contribution in [-0.2, 0) is 47.6 Å². The van der Waals surface area contributed by atoms with Gasteiger partial charge in [0.05, 0.1) is 23.9 Å². The molecule has 6 aliphatic rings. The number of methoxy groups -OCH3 is 1. The molecule has 12 heteroatoms. The maximum absolute atomic E-state index is 13.6. The molecule has 6 fully saturated rings. The van der Waals surface area contributed by atoms with Gasteiger partial charge in [0, 0.05) is 0 Å². The third-order valence-electron chi connectivity index (χ3n) is 9.57. The van der Waals surface area contributed by atoms with Gasteiger partial charge in [-0.15, -0.1) is 0 Å². The fourth-order valence-corrected chi connectivity index (χ4v) is 8.40. The zero-order chi connectivity index (χ0) is 25.1. The smallest absolute Gasteiger partial charge is 0.343 e. The number of carbonyl (C=O) groups excluding carboxylic acids is 4. The Morgan fingerprint density at radius 3 is 2.60 bits per heavy atom. The summed E-state index contributed by atoms with van der Waals surface area (Å²) in [6, 6.07) is 0. The van der Waals surface area contributed by atoms with E-state index in [2.05, 4.69) is 4.74 Å². The number of fused-ring (bicyclic) bond motifs is 1. The van der Waals surface area contributed by atoms with Gasteiger partial charge in [-0.2, -0.15) is 0 Å². The van der Waals surface area contributed by atoms with Crippen LogP contribution in [0.25, 0.3) is 0 Å². The number of hydrogen-bond acceptors (Lipinski definition) is 12. The summed E-state index contributed by atoms with van der Waals surface area (Å²) in [6.45, 7) is 2.82. The van der Waals surface area contributed by atoms with Gasteiger partial charge in [-0.25, -0.2) is 14.4 Å². The fourth-order valence-electron chi connectivity index (χ4n) is 8.40. The van der Waals surface area contributed by atoms with E-state index in [1.165, 1.54) is 14.0 Å². The molecule has 0 bridgehead atoms. The van der Waals surface area contributed by atoms with Crippen LogP contribution in [0.15, 0.2) is 0 Å². The first-order valence-electron chi connectivity index (χ1n) is 12.0. The second-order valence-electron chi connectivity index (χ2n) is 10.5. The Labute approximate surface area is 200 Å². The predicted molar refractivity (Wildman–Crippen MR) is 108 cm³/mol. The molecule has 0 aromatic rings. The topological polar surface area (TPSA) is 164 Å². The van der Waals surface area contributed by atoms with Gasteiger partial charge in [0.15, 0.2) is 17.8 Å². The number of carbonyl (C=O) groups is 4. The number of rotatable bonds is 6. The summed E-state index contributed by atoms with van der Waals surface area (Å²) >= 11 is 0.